The van der Waals surface area contributed by atoms with Crippen molar-refractivity contribution in [3.05, 3.63) is 71.3 Å². The van der Waals surface area contributed by atoms with Crippen LogP contribution < -0.4 is 0 Å². The molecule has 2 heterocycles. The van der Waals surface area contributed by atoms with Gasteiger partial charge in [-0.25, -0.2) is 0 Å². The lowest BCUT2D eigenvalue weighted by Crippen LogP contribution is -2.54. The smallest absolute Gasteiger partial charge is 0.254 e. The summed E-state index contributed by atoms with van der Waals surface area (Å²) in [6.07, 6.45) is 3.87. The normalized spacial score (nSPS) is 18.0. The van der Waals surface area contributed by atoms with Crippen LogP contribution in [0.15, 0.2) is 54.6 Å². The Kier molecular flexibility index (Phi) is 7.03. The molecule has 0 aliphatic carbocycles. The van der Waals surface area contributed by atoms with Crippen LogP contribution in [0.25, 0.3) is 0 Å². The molecule has 0 spiro atoms. The number of carbonyl (C=O) groups excluding carboxylic acids is 2. The van der Waals surface area contributed by atoms with Gasteiger partial charge in [-0.3, -0.25) is 9.59 Å². The van der Waals surface area contributed by atoms with E-state index in [-0.39, 0.29) is 23.9 Å². The van der Waals surface area contributed by atoms with E-state index in [0.717, 1.165) is 42.4 Å². The first kappa shape index (κ1) is 21.6. The molecule has 4 rings (SSSR count). The van der Waals surface area contributed by atoms with Gasteiger partial charge in [-0.05, 0) is 49.8 Å². The number of likely N-dealkylation sites (tertiary alicyclic amines) is 1. The van der Waals surface area contributed by atoms with E-state index in [4.69, 9.17) is 4.74 Å². The van der Waals surface area contributed by atoms with Gasteiger partial charge in [0.15, 0.2) is 0 Å². The Balaban J connectivity index is 1.44. The topological polar surface area (TPSA) is 49.9 Å². The molecule has 0 N–H and O–H groups in total. The highest BCUT2D eigenvalue weighted by atomic mass is 16.5. The van der Waals surface area contributed by atoms with Crippen LogP contribution in [0, 0.1) is 6.92 Å². The maximum Gasteiger partial charge on any atom is 0.254 e. The fourth-order valence-electron chi connectivity index (χ4n) is 4.86. The van der Waals surface area contributed by atoms with Crippen LogP contribution in [0.4, 0.5) is 0 Å². The molecule has 2 amide bonds. The van der Waals surface area contributed by atoms with Crippen molar-refractivity contribution in [3.63, 3.8) is 0 Å². The van der Waals surface area contributed by atoms with Crippen LogP contribution in [-0.4, -0.2) is 60.0 Å². The Labute approximate surface area is 185 Å². The molecular formula is C26H32N2O3. The SMILES string of the molecule is Cc1ccccc1C(=O)N1CCC(N(C(=O)Cc2ccccc2)C2CCOCC2)CC1. The third-order valence-corrected chi connectivity index (χ3v) is 6.59. The molecule has 2 aromatic rings. The fraction of sp³-hybridized carbons (Fsp3) is 0.462. The molecule has 2 aliphatic rings. The van der Waals surface area contributed by atoms with E-state index in [0.29, 0.717) is 32.7 Å². The van der Waals surface area contributed by atoms with Crippen LogP contribution >= 0.6 is 0 Å². The fourth-order valence-corrected chi connectivity index (χ4v) is 4.86. The summed E-state index contributed by atoms with van der Waals surface area (Å²) in [5.41, 5.74) is 2.84. The van der Waals surface area contributed by atoms with Gasteiger partial charge in [0.25, 0.3) is 5.91 Å². The van der Waals surface area contributed by atoms with Gasteiger partial charge >= 0.3 is 0 Å². The van der Waals surface area contributed by atoms with Gasteiger partial charge in [0, 0.05) is 44.0 Å². The van der Waals surface area contributed by atoms with Crippen LogP contribution in [0.1, 0.15) is 47.2 Å². The highest BCUT2D eigenvalue weighted by Crippen LogP contribution is 2.26. The number of nitrogens with zero attached hydrogens (tertiary/aromatic N) is 2. The zero-order valence-electron chi connectivity index (χ0n) is 18.3. The predicted octanol–water partition coefficient (Wildman–Crippen LogP) is 3.85. The van der Waals surface area contributed by atoms with Crippen molar-refractivity contribution in [2.45, 2.75) is 51.1 Å². The summed E-state index contributed by atoms with van der Waals surface area (Å²) in [7, 11) is 0. The molecule has 2 fully saturated rings. The Morgan fingerprint density at radius 1 is 0.903 bits per heavy atom. The minimum absolute atomic E-state index is 0.102. The average molecular weight is 421 g/mol. The van der Waals surface area contributed by atoms with Crippen LogP contribution in [0.5, 0.6) is 0 Å². The number of benzene rings is 2. The number of aryl methyl sites for hydroxylation is 1. The first-order valence-corrected chi connectivity index (χ1v) is 11.4. The number of hydrogen-bond acceptors (Lipinski definition) is 3. The van der Waals surface area contributed by atoms with E-state index < -0.39 is 0 Å². The third-order valence-electron chi connectivity index (χ3n) is 6.59. The summed E-state index contributed by atoms with van der Waals surface area (Å²) in [6, 6.07) is 18.2. The molecule has 0 unspecified atom stereocenters. The molecule has 2 aromatic carbocycles. The van der Waals surface area contributed by atoms with Crippen molar-refractivity contribution >= 4 is 11.8 Å². The lowest BCUT2D eigenvalue weighted by atomic mass is 9.96. The second kappa shape index (κ2) is 10.1. The maximum absolute atomic E-state index is 13.4. The molecule has 0 aromatic heterocycles. The average Bonchev–Trinajstić information content (AvgIpc) is 2.81. The van der Waals surface area contributed by atoms with Gasteiger partial charge in [-0.2, -0.15) is 0 Å². The first-order valence-electron chi connectivity index (χ1n) is 11.4. The minimum atomic E-state index is 0.102. The molecular weight excluding hydrogens is 388 g/mol. The molecule has 0 atom stereocenters. The van der Waals surface area contributed by atoms with E-state index in [1.807, 2.05) is 66.4 Å². The monoisotopic (exact) mass is 420 g/mol. The van der Waals surface area contributed by atoms with Crippen molar-refractivity contribution in [3.8, 4) is 0 Å². The van der Waals surface area contributed by atoms with Crippen molar-refractivity contribution in [2.24, 2.45) is 0 Å². The summed E-state index contributed by atoms with van der Waals surface area (Å²) < 4.78 is 5.55. The largest absolute Gasteiger partial charge is 0.381 e. The number of hydrogen-bond donors (Lipinski definition) is 0. The van der Waals surface area contributed by atoms with Gasteiger partial charge in [-0.15, -0.1) is 0 Å². The van der Waals surface area contributed by atoms with Crippen molar-refractivity contribution in [2.75, 3.05) is 26.3 Å². The zero-order chi connectivity index (χ0) is 21.6. The van der Waals surface area contributed by atoms with E-state index >= 15 is 0 Å². The summed E-state index contributed by atoms with van der Waals surface area (Å²) in [5, 5.41) is 0. The Morgan fingerprint density at radius 2 is 1.52 bits per heavy atom. The van der Waals surface area contributed by atoms with Gasteiger partial charge in [0.05, 0.1) is 6.42 Å². The van der Waals surface area contributed by atoms with E-state index in [2.05, 4.69) is 4.90 Å². The van der Waals surface area contributed by atoms with Crippen molar-refractivity contribution in [1.29, 1.82) is 0 Å². The van der Waals surface area contributed by atoms with Crippen LogP contribution in [0.2, 0.25) is 0 Å². The van der Waals surface area contributed by atoms with E-state index in [1.54, 1.807) is 0 Å². The number of ether oxygens (including phenoxy) is 1. The number of amides is 2. The second-order valence-corrected chi connectivity index (χ2v) is 8.65. The van der Waals surface area contributed by atoms with Gasteiger partial charge in [0.2, 0.25) is 5.91 Å². The lowest BCUT2D eigenvalue weighted by molar-refractivity contribution is -0.139. The summed E-state index contributed by atoms with van der Waals surface area (Å²) in [4.78, 5) is 30.5. The van der Waals surface area contributed by atoms with Crippen molar-refractivity contribution < 1.29 is 14.3 Å². The highest BCUT2D eigenvalue weighted by Gasteiger charge is 2.35. The van der Waals surface area contributed by atoms with Gasteiger partial charge < -0.3 is 14.5 Å². The number of carbonyl (C=O) groups is 2. The number of rotatable bonds is 5. The molecule has 31 heavy (non-hydrogen) atoms. The predicted molar refractivity (Wildman–Crippen MR) is 121 cm³/mol. The Hall–Kier alpha value is -2.66. The highest BCUT2D eigenvalue weighted by molar-refractivity contribution is 5.95. The molecule has 5 heteroatoms. The molecule has 5 nitrogen and oxygen atoms in total. The quantitative estimate of drug-likeness (QED) is 0.738. The molecule has 0 saturated carbocycles. The standard InChI is InChI=1S/C26H32N2O3/c1-20-7-5-6-10-24(20)26(30)27-15-11-22(12-16-27)28(23-13-17-31-18-14-23)25(29)19-21-8-3-2-4-9-21/h2-10,22-23H,11-19H2,1H3. The van der Waals surface area contributed by atoms with Crippen LogP contribution in [0.3, 0.4) is 0 Å². The summed E-state index contributed by atoms with van der Waals surface area (Å²) in [6.45, 7) is 4.79. The van der Waals surface area contributed by atoms with E-state index in [1.165, 1.54) is 0 Å². The molecule has 0 bridgehead atoms. The third kappa shape index (κ3) is 5.16. The summed E-state index contributed by atoms with van der Waals surface area (Å²) >= 11 is 0. The Bertz CT molecular complexity index is 885. The van der Waals surface area contributed by atoms with E-state index in [9.17, 15) is 9.59 Å². The number of piperidine rings is 1. The molecule has 2 aliphatic heterocycles. The van der Waals surface area contributed by atoms with Crippen molar-refractivity contribution in [1.82, 2.24) is 9.80 Å². The van der Waals surface area contributed by atoms with Gasteiger partial charge in [0.1, 0.15) is 0 Å². The molecule has 164 valence electrons. The maximum atomic E-state index is 13.4. The minimum Gasteiger partial charge on any atom is -0.381 e. The Morgan fingerprint density at radius 3 is 2.19 bits per heavy atom. The molecule has 2 saturated heterocycles. The second-order valence-electron chi connectivity index (χ2n) is 8.65. The zero-order valence-corrected chi connectivity index (χ0v) is 18.3. The van der Waals surface area contributed by atoms with Gasteiger partial charge in [-0.1, -0.05) is 48.5 Å². The summed E-state index contributed by atoms with van der Waals surface area (Å²) in [5.74, 6) is 0.298. The molecule has 0 radical (unpaired) electrons. The lowest BCUT2D eigenvalue weighted by Gasteiger charge is -2.44. The van der Waals surface area contributed by atoms with Crippen LogP contribution in [-0.2, 0) is 16.0 Å². The first-order chi connectivity index (χ1) is 15.1.